The lowest BCUT2D eigenvalue weighted by Crippen LogP contribution is -2.66. The first-order valence-corrected chi connectivity index (χ1v) is 9.47. The zero-order valence-corrected chi connectivity index (χ0v) is 16.3. The maximum Gasteiger partial charge on any atom is 0.490 e. The van der Waals surface area contributed by atoms with E-state index in [4.69, 9.17) is 19.4 Å². The van der Waals surface area contributed by atoms with Gasteiger partial charge >= 0.3 is 12.1 Å². The van der Waals surface area contributed by atoms with Crippen molar-refractivity contribution in [2.45, 2.75) is 24.6 Å². The van der Waals surface area contributed by atoms with Crippen LogP contribution in [0.2, 0.25) is 0 Å². The number of carbonyl (C=O) groups is 2. The number of aliphatic carboxylic acids is 1. The number of nitrogens with zero attached hydrogens (tertiary/aromatic N) is 3. The lowest BCUT2D eigenvalue weighted by Gasteiger charge is -2.50. The molecule has 168 valence electrons. The molecule has 2 aromatic rings. The number of halogens is 3. The van der Waals surface area contributed by atoms with Crippen LogP contribution < -0.4 is 4.74 Å². The van der Waals surface area contributed by atoms with E-state index in [1.54, 1.807) is 24.7 Å². The van der Waals surface area contributed by atoms with Crippen molar-refractivity contribution in [2.24, 2.45) is 5.92 Å². The molecule has 2 saturated heterocycles. The van der Waals surface area contributed by atoms with Gasteiger partial charge in [-0.15, -0.1) is 0 Å². The first-order chi connectivity index (χ1) is 14.7. The molecule has 0 radical (unpaired) electrons. The lowest BCUT2D eigenvalue weighted by molar-refractivity contribution is -0.192. The smallest absolute Gasteiger partial charge is 0.490 e. The fraction of sp³-hybridized carbons (Fsp3) is 0.474. The van der Waals surface area contributed by atoms with Crippen molar-refractivity contribution in [3.63, 3.8) is 0 Å². The zero-order chi connectivity index (χ0) is 22.5. The van der Waals surface area contributed by atoms with E-state index in [-0.39, 0.29) is 11.5 Å². The third-order valence-corrected chi connectivity index (χ3v) is 5.15. The summed E-state index contributed by atoms with van der Waals surface area (Å²) in [5, 5.41) is 13.7. The van der Waals surface area contributed by atoms with Gasteiger partial charge in [0.25, 0.3) is 5.91 Å². The number of H-pyrrole nitrogens is 1. The van der Waals surface area contributed by atoms with Crippen molar-refractivity contribution < 1.29 is 37.3 Å². The Balaban J connectivity index is 0.000000339. The Morgan fingerprint density at radius 1 is 1.32 bits per heavy atom. The first-order valence-electron chi connectivity index (χ1n) is 9.47. The number of carbonyl (C=O) groups excluding carboxylic acids is 1. The van der Waals surface area contributed by atoms with Crippen molar-refractivity contribution in [3.8, 4) is 5.75 Å². The van der Waals surface area contributed by atoms with Crippen LogP contribution in [0.25, 0.3) is 0 Å². The number of alkyl halides is 3. The molecule has 0 aliphatic carbocycles. The first kappa shape index (κ1) is 22.5. The molecule has 2 fully saturated rings. The Morgan fingerprint density at radius 2 is 2.06 bits per heavy atom. The van der Waals surface area contributed by atoms with Crippen molar-refractivity contribution in [2.75, 3.05) is 26.3 Å². The second kappa shape index (κ2) is 9.33. The monoisotopic (exact) mass is 442 g/mol. The van der Waals surface area contributed by atoms with Crippen LogP contribution in [0.1, 0.15) is 23.3 Å². The number of rotatable bonds is 5. The molecular formula is C19H21F3N4O5. The number of hydrogen-bond acceptors (Lipinski definition) is 6. The van der Waals surface area contributed by atoms with E-state index in [9.17, 15) is 18.0 Å². The molecule has 9 nitrogen and oxygen atoms in total. The van der Waals surface area contributed by atoms with Crippen LogP contribution in [0.15, 0.2) is 36.8 Å². The predicted octanol–water partition coefficient (Wildman–Crippen LogP) is 2.14. The van der Waals surface area contributed by atoms with E-state index in [2.05, 4.69) is 15.2 Å². The molecule has 1 amide bonds. The summed E-state index contributed by atoms with van der Waals surface area (Å²) < 4.78 is 43.5. The Bertz CT molecular complexity index is 870. The van der Waals surface area contributed by atoms with Gasteiger partial charge in [-0.3, -0.25) is 14.9 Å². The maximum atomic E-state index is 12.3. The molecule has 2 aliphatic rings. The molecule has 12 heteroatoms. The summed E-state index contributed by atoms with van der Waals surface area (Å²) in [4.78, 5) is 27.1. The summed E-state index contributed by atoms with van der Waals surface area (Å²) in [6, 6.07) is 5.46. The standard InChI is InChI=1S/C17H20N4O3.C2HF3O2/c22-16(15-3-7-19-20-15)21-11-17(12-21)13(5-9-24-17)4-8-23-14-2-1-6-18-10-14;3-2(4,5)1(6)7/h1-3,6-7,10,13H,4-5,8-9,11-12H2,(H,19,20);(H,6,7). The fourth-order valence-corrected chi connectivity index (χ4v) is 3.58. The summed E-state index contributed by atoms with van der Waals surface area (Å²) >= 11 is 0. The Labute approximate surface area is 175 Å². The summed E-state index contributed by atoms with van der Waals surface area (Å²) in [5.41, 5.74) is 0.327. The van der Waals surface area contributed by atoms with Gasteiger partial charge in [0.1, 0.15) is 17.0 Å². The minimum Gasteiger partial charge on any atom is -0.492 e. The highest BCUT2D eigenvalue weighted by Crippen LogP contribution is 2.42. The number of ether oxygens (including phenoxy) is 2. The molecule has 2 N–H and O–H groups in total. The third kappa shape index (κ3) is 5.51. The summed E-state index contributed by atoms with van der Waals surface area (Å²) in [5.74, 6) is -1.57. The van der Waals surface area contributed by atoms with Gasteiger partial charge in [-0.1, -0.05) is 0 Å². The van der Waals surface area contributed by atoms with Gasteiger partial charge in [-0.25, -0.2) is 4.79 Å². The molecule has 2 aromatic heterocycles. The van der Waals surface area contributed by atoms with E-state index in [0.717, 1.165) is 25.2 Å². The summed E-state index contributed by atoms with van der Waals surface area (Å²) in [6.07, 6.45) is 1.89. The molecule has 1 unspecified atom stereocenters. The summed E-state index contributed by atoms with van der Waals surface area (Å²) in [6.45, 7) is 2.67. The Morgan fingerprint density at radius 3 is 2.65 bits per heavy atom. The SMILES string of the molecule is O=C(O)C(F)(F)F.O=C(c1ccn[nH]1)N1CC2(C1)OCCC2CCOc1cccnc1. The molecular weight excluding hydrogens is 421 g/mol. The van der Waals surface area contributed by atoms with Crippen LogP contribution >= 0.6 is 0 Å². The van der Waals surface area contributed by atoms with Crippen LogP contribution in [0.4, 0.5) is 13.2 Å². The quantitative estimate of drug-likeness (QED) is 0.729. The topological polar surface area (TPSA) is 118 Å². The average molecular weight is 442 g/mol. The fourth-order valence-electron chi connectivity index (χ4n) is 3.58. The minimum atomic E-state index is -5.08. The number of aromatic nitrogens is 3. The van der Waals surface area contributed by atoms with E-state index in [1.165, 1.54) is 0 Å². The number of amides is 1. The van der Waals surface area contributed by atoms with Crippen molar-refractivity contribution >= 4 is 11.9 Å². The average Bonchev–Trinajstić information content (AvgIpc) is 3.37. The number of aromatic amines is 1. The molecule has 0 saturated carbocycles. The van der Waals surface area contributed by atoms with E-state index >= 15 is 0 Å². The van der Waals surface area contributed by atoms with E-state index in [1.807, 2.05) is 17.0 Å². The number of carboxylic acids is 1. The van der Waals surface area contributed by atoms with Crippen LogP contribution in [0.5, 0.6) is 5.75 Å². The van der Waals surface area contributed by atoms with Crippen LogP contribution in [-0.4, -0.2) is 75.1 Å². The Kier molecular flexibility index (Phi) is 6.78. The van der Waals surface area contributed by atoms with Gasteiger partial charge in [-0.05, 0) is 37.0 Å². The number of carboxylic acid groups (broad SMARTS) is 1. The van der Waals surface area contributed by atoms with Crippen molar-refractivity contribution in [1.82, 2.24) is 20.1 Å². The molecule has 0 bridgehead atoms. The molecule has 2 aliphatic heterocycles. The van der Waals surface area contributed by atoms with Gasteiger partial charge in [0, 0.05) is 19.0 Å². The zero-order valence-electron chi connectivity index (χ0n) is 16.3. The predicted molar refractivity (Wildman–Crippen MR) is 99.3 cm³/mol. The van der Waals surface area contributed by atoms with Gasteiger partial charge in [0.05, 0.1) is 25.9 Å². The summed E-state index contributed by atoms with van der Waals surface area (Å²) in [7, 11) is 0. The molecule has 31 heavy (non-hydrogen) atoms. The van der Waals surface area contributed by atoms with Crippen LogP contribution in [0.3, 0.4) is 0 Å². The molecule has 0 aromatic carbocycles. The second-order valence-corrected chi connectivity index (χ2v) is 7.16. The minimum absolute atomic E-state index is 0.0148. The highest BCUT2D eigenvalue weighted by atomic mass is 19.4. The molecule has 4 rings (SSSR count). The number of pyridine rings is 1. The van der Waals surface area contributed by atoms with Crippen molar-refractivity contribution in [1.29, 1.82) is 0 Å². The lowest BCUT2D eigenvalue weighted by atomic mass is 9.79. The van der Waals surface area contributed by atoms with Gasteiger partial charge in [0.15, 0.2) is 0 Å². The highest BCUT2D eigenvalue weighted by molar-refractivity contribution is 5.93. The molecule has 1 spiro atoms. The Hall–Kier alpha value is -3.15. The van der Waals surface area contributed by atoms with Gasteiger partial charge in [0.2, 0.25) is 0 Å². The van der Waals surface area contributed by atoms with Crippen molar-refractivity contribution in [3.05, 3.63) is 42.5 Å². The number of hydrogen-bond donors (Lipinski definition) is 2. The highest BCUT2D eigenvalue weighted by Gasteiger charge is 2.54. The maximum absolute atomic E-state index is 12.3. The molecule has 1 atom stereocenters. The van der Waals surface area contributed by atoms with Crippen LogP contribution in [0, 0.1) is 5.92 Å². The molecule has 4 heterocycles. The van der Waals surface area contributed by atoms with E-state index < -0.39 is 12.1 Å². The third-order valence-electron chi connectivity index (χ3n) is 5.15. The van der Waals surface area contributed by atoms with Gasteiger partial charge in [-0.2, -0.15) is 18.3 Å². The normalized spacial score (nSPS) is 19.3. The second-order valence-electron chi connectivity index (χ2n) is 7.16. The van der Waals surface area contributed by atoms with Gasteiger partial charge < -0.3 is 19.5 Å². The largest absolute Gasteiger partial charge is 0.492 e. The van der Waals surface area contributed by atoms with E-state index in [0.29, 0.717) is 31.3 Å². The number of nitrogens with one attached hydrogen (secondary N) is 1. The van der Waals surface area contributed by atoms with Crippen LogP contribution in [-0.2, 0) is 9.53 Å². The number of likely N-dealkylation sites (tertiary alicyclic amines) is 1.